The summed E-state index contributed by atoms with van der Waals surface area (Å²) < 4.78 is 71.0. The average molecular weight is 418 g/mol. The Morgan fingerprint density at radius 2 is 1.24 bits per heavy atom. The second-order valence-corrected chi connectivity index (χ2v) is 7.41. The Kier molecular flexibility index (Phi) is 17.6. The van der Waals surface area contributed by atoms with Crippen LogP contribution in [0.5, 0.6) is 0 Å². The predicted molar refractivity (Wildman–Crippen MR) is 74.0 cm³/mol. The minimum absolute atomic E-state index is 0. The fourth-order valence-electron chi connectivity index (χ4n) is 1.22. The van der Waals surface area contributed by atoms with E-state index >= 15 is 0 Å². The van der Waals surface area contributed by atoms with E-state index in [2.05, 4.69) is 16.1 Å². The Labute approximate surface area is 190 Å². The third kappa shape index (κ3) is 20.7. The Morgan fingerprint density at radius 3 is 1.64 bits per heavy atom. The van der Waals surface area contributed by atoms with Gasteiger partial charge < -0.3 is 18.6 Å². The summed E-state index contributed by atoms with van der Waals surface area (Å²) in [7, 11) is -8.77. The van der Waals surface area contributed by atoms with Crippen LogP contribution in [0.3, 0.4) is 0 Å². The maximum absolute atomic E-state index is 11.4. The van der Waals surface area contributed by atoms with Gasteiger partial charge in [-0.3, -0.25) is 4.79 Å². The Bertz CT molecular complexity index is 642. The number of ether oxygens (including phenoxy) is 2. The van der Waals surface area contributed by atoms with E-state index in [9.17, 15) is 35.5 Å². The van der Waals surface area contributed by atoms with Gasteiger partial charge in [-0.1, -0.05) is 6.58 Å². The summed E-state index contributed by atoms with van der Waals surface area (Å²) in [5.74, 6) is -3.17. The summed E-state index contributed by atoms with van der Waals surface area (Å²) in [6.07, 6.45) is -0.861. The minimum Gasteiger partial charge on any atom is -0.748 e. The maximum Gasteiger partial charge on any atom is 1.00 e. The van der Waals surface area contributed by atoms with Crippen LogP contribution in [0.2, 0.25) is 0 Å². The molecule has 0 aromatic carbocycles. The van der Waals surface area contributed by atoms with E-state index in [0.717, 1.165) is 0 Å². The van der Waals surface area contributed by atoms with Gasteiger partial charge in [0.15, 0.2) is 0 Å². The molecule has 14 heteroatoms. The first-order valence-electron chi connectivity index (χ1n) is 6.28. The molecule has 0 aromatic rings. The number of carbonyl (C=O) groups excluding carboxylic acids is 2. The first-order chi connectivity index (χ1) is 10.4. The van der Waals surface area contributed by atoms with Crippen molar-refractivity contribution in [3.05, 3.63) is 12.2 Å². The number of rotatable bonds is 11. The van der Waals surface area contributed by atoms with E-state index in [1.165, 1.54) is 0 Å². The van der Waals surface area contributed by atoms with E-state index < -0.39 is 50.1 Å². The summed E-state index contributed by atoms with van der Waals surface area (Å²) in [6, 6.07) is 0. The molecule has 0 amide bonds. The van der Waals surface area contributed by atoms with Gasteiger partial charge in [-0.2, -0.15) is 0 Å². The van der Waals surface area contributed by atoms with E-state index in [4.69, 9.17) is 0 Å². The normalized spacial score (nSPS) is 10.8. The first kappa shape index (κ1) is 30.2. The van der Waals surface area contributed by atoms with Gasteiger partial charge >= 0.3 is 71.1 Å². The van der Waals surface area contributed by atoms with Gasteiger partial charge in [-0.15, -0.1) is 0 Å². The molecule has 0 aliphatic rings. The fourth-order valence-corrected chi connectivity index (χ4v) is 2.16. The van der Waals surface area contributed by atoms with Gasteiger partial charge in [0.1, 0.15) is 0 Å². The molecule has 25 heavy (non-hydrogen) atoms. The van der Waals surface area contributed by atoms with Crippen LogP contribution in [0.1, 0.15) is 19.3 Å². The number of esters is 2. The van der Waals surface area contributed by atoms with Crippen LogP contribution in [-0.4, -0.2) is 62.6 Å². The molecule has 0 bridgehead atoms. The van der Waals surface area contributed by atoms with Crippen molar-refractivity contribution in [3.8, 4) is 0 Å². The zero-order chi connectivity index (χ0) is 18.1. The van der Waals surface area contributed by atoms with E-state index in [1.807, 2.05) is 0 Å². The number of hydrogen-bond acceptors (Lipinski definition) is 10. The molecule has 0 spiro atoms. The Morgan fingerprint density at radius 1 is 0.840 bits per heavy atom. The van der Waals surface area contributed by atoms with Crippen molar-refractivity contribution in [1.82, 2.24) is 0 Å². The molecule has 0 fully saturated rings. The third-order valence-corrected chi connectivity index (χ3v) is 3.80. The van der Waals surface area contributed by atoms with Crippen LogP contribution in [0.4, 0.5) is 0 Å². The molecule has 10 nitrogen and oxygen atoms in total. The molecule has 0 rings (SSSR count). The van der Waals surface area contributed by atoms with Crippen molar-refractivity contribution in [2.24, 2.45) is 0 Å². The third-order valence-electron chi connectivity index (χ3n) is 2.22. The van der Waals surface area contributed by atoms with Gasteiger partial charge in [0.25, 0.3) is 0 Å². The molecule has 0 saturated heterocycles. The van der Waals surface area contributed by atoms with Crippen molar-refractivity contribution in [2.75, 3.05) is 24.7 Å². The van der Waals surface area contributed by atoms with E-state index in [-0.39, 0.29) is 90.7 Å². The summed E-state index contributed by atoms with van der Waals surface area (Å²) in [5, 5.41) is 0. The predicted octanol–water partition coefficient (Wildman–Crippen LogP) is -7.10. The molecule has 0 aromatic heterocycles. The van der Waals surface area contributed by atoms with Crippen LogP contribution in [0.25, 0.3) is 0 Å². The molecular weight excluding hydrogens is 402 g/mol. The standard InChI is InChI=1S/C11H18O10S2.2Na/c1-9(11(13)21-5-3-7-23(17,18)19)8-10(12)20-4-2-6-22(14,15)16;;/h1-8H2,(H,14,15,16)(H,17,18,19);;/q;2*+1/p-2. The Balaban J connectivity index is -0.00000242. The molecule has 0 aliphatic carbocycles. The first-order valence-corrected chi connectivity index (χ1v) is 9.44. The molecule has 0 N–H and O–H groups in total. The fraction of sp³-hybridized carbons (Fsp3) is 0.636. The van der Waals surface area contributed by atoms with Crippen molar-refractivity contribution >= 4 is 32.2 Å². The van der Waals surface area contributed by atoms with Crippen LogP contribution in [0, 0.1) is 0 Å². The van der Waals surface area contributed by atoms with E-state index in [1.54, 1.807) is 0 Å². The van der Waals surface area contributed by atoms with Gasteiger partial charge in [0.05, 0.1) is 39.9 Å². The summed E-state index contributed by atoms with van der Waals surface area (Å²) in [6.45, 7) is 2.66. The molecule has 0 heterocycles. The quantitative estimate of drug-likeness (QED) is 0.103. The maximum atomic E-state index is 11.4. The van der Waals surface area contributed by atoms with Crippen LogP contribution in [0.15, 0.2) is 12.2 Å². The molecule has 0 atom stereocenters. The monoisotopic (exact) mass is 418 g/mol. The van der Waals surface area contributed by atoms with Crippen LogP contribution < -0.4 is 59.1 Å². The zero-order valence-corrected chi connectivity index (χ0v) is 19.7. The van der Waals surface area contributed by atoms with Gasteiger partial charge in [-0.05, 0) is 12.8 Å². The second-order valence-electron chi connectivity index (χ2n) is 4.37. The number of hydrogen-bond donors (Lipinski definition) is 0. The molecule has 0 aliphatic heterocycles. The number of carbonyl (C=O) groups is 2. The van der Waals surface area contributed by atoms with Crippen molar-refractivity contribution in [2.45, 2.75) is 19.3 Å². The van der Waals surface area contributed by atoms with Crippen molar-refractivity contribution in [3.63, 3.8) is 0 Å². The van der Waals surface area contributed by atoms with Gasteiger partial charge in [-0.25, -0.2) is 21.6 Å². The van der Waals surface area contributed by atoms with Gasteiger partial charge in [0.2, 0.25) is 0 Å². The summed E-state index contributed by atoms with van der Waals surface area (Å²) in [5.41, 5.74) is -0.253. The minimum atomic E-state index is -4.39. The molecule has 0 saturated carbocycles. The van der Waals surface area contributed by atoms with Crippen LogP contribution >= 0.6 is 0 Å². The molecular formula is C11H16Na2O10S2. The van der Waals surface area contributed by atoms with Crippen molar-refractivity contribution in [1.29, 1.82) is 0 Å². The average Bonchev–Trinajstić information content (AvgIpc) is 2.37. The summed E-state index contributed by atoms with van der Waals surface area (Å²) in [4.78, 5) is 22.7. The molecule has 0 unspecified atom stereocenters. The SMILES string of the molecule is C=C(CC(=O)OCCCS(=O)(=O)[O-])C(=O)OCCCS(=O)(=O)[O-].[Na+].[Na+]. The zero-order valence-electron chi connectivity index (χ0n) is 14.1. The smallest absolute Gasteiger partial charge is 0.748 e. The topological polar surface area (TPSA) is 167 Å². The second kappa shape index (κ2) is 14.5. The summed E-state index contributed by atoms with van der Waals surface area (Å²) >= 11 is 0. The van der Waals surface area contributed by atoms with E-state index in [0.29, 0.717) is 0 Å². The largest absolute Gasteiger partial charge is 1.00 e. The van der Waals surface area contributed by atoms with Crippen molar-refractivity contribution < 1.29 is 104 Å². The van der Waals surface area contributed by atoms with Gasteiger partial charge in [0, 0.05) is 17.1 Å². The molecule has 0 radical (unpaired) electrons. The Hall–Kier alpha value is 0.500. The molecule has 134 valence electrons. The van der Waals surface area contributed by atoms with Crippen LogP contribution in [-0.2, 0) is 39.3 Å².